The molecular formula is C17H27NO4S. The van der Waals surface area contributed by atoms with E-state index in [1.54, 1.807) is 19.2 Å². The molecule has 0 aromatic heterocycles. The Balaban J connectivity index is 2.57. The lowest BCUT2D eigenvalue weighted by atomic mass is 9.87. The van der Waals surface area contributed by atoms with Crippen LogP contribution in [0.25, 0.3) is 0 Å². The summed E-state index contributed by atoms with van der Waals surface area (Å²) in [4.78, 5) is 11.9. The van der Waals surface area contributed by atoms with Gasteiger partial charge in [0.05, 0.1) is 10.6 Å². The topological polar surface area (TPSA) is 72.5 Å². The van der Waals surface area contributed by atoms with Gasteiger partial charge in [-0.2, -0.15) is 0 Å². The third kappa shape index (κ3) is 6.71. The van der Waals surface area contributed by atoms with Crippen LogP contribution in [0, 0.1) is 0 Å². The van der Waals surface area contributed by atoms with Gasteiger partial charge in [0.25, 0.3) is 0 Å². The lowest BCUT2D eigenvalue weighted by Gasteiger charge is -2.19. The summed E-state index contributed by atoms with van der Waals surface area (Å²) in [5.74, 6) is -0.436. The van der Waals surface area contributed by atoms with E-state index in [-0.39, 0.29) is 28.4 Å². The number of rotatable bonds is 8. The molecule has 0 atom stereocenters. The molecule has 1 aromatic rings. The fraction of sp³-hybridized carbons (Fsp3) is 0.588. The summed E-state index contributed by atoms with van der Waals surface area (Å²) in [7, 11) is -1.84. The van der Waals surface area contributed by atoms with Crippen molar-refractivity contribution in [2.24, 2.45) is 0 Å². The average Bonchev–Trinajstić information content (AvgIpc) is 2.49. The van der Waals surface area contributed by atoms with Crippen LogP contribution in [-0.2, 0) is 24.8 Å². The van der Waals surface area contributed by atoms with Crippen molar-refractivity contribution in [1.82, 2.24) is 5.32 Å². The van der Waals surface area contributed by atoms with Crippen molar-refractivity contribution in [2.75, 3.05) is 26.0 Å². The molecular weight excluding hydrogens is 314 g/mol. The van der Waals surface area contributed by atoms with Crippen molar-refractivity contribution >= 4 is 15.7 Å². The van der Waals surface area contributed by atoms with E-state index in [9.17, 15) is 13.2 Å². The van der Waals surface area contributed by atoms with Crippen LogP contribution in [0.1, 0.15) is 39.2 Å². The predicted molar refractivity (Wildman–Crippen MR) is 91.3 cm³/mol. The van der Waals surface area contributed by atoms with Crippen molar-refractivity contribution in [1.29, 1.82) is 0 Å². The van der Waals surface area contributed by atoms with Gasteiger partial charge in [0.1, 0.15) is 0 Å². The molecule has 0 spiro atoms. The van der Waals surface area contributed by atoms with Crippen molar-refractivity contribution in [2.45, 2.75) is 43.9 Å². The second kappa shape index (κ2) is 8.45. The van der Waals surface area contributed by atoms with Crippen molar-refractivity contribution in [3.63, 3.8) is 0 Å². The summed E-state index contributed by atoms with van der Waals surface area (Å²) in [6.45, 7) is 7.28. The van der Waals surface area contributed by atoms with E-state index in [4.69, 9.17) is 4.74 Å². The molecule has 1 amide bonds. The van der Waals surface area contributed by atoms with E-state index in [2.05, 4.69) is 26.1 Å². The van der Waals surface area contributed by atoms with Gasteiger partial charge < -0.3 is 10.1 Å². The number of ether oxygens (including phenoxy) is 1. The summed E-state index contributed by atoms with van der Waals surface area (Å²) in [5, 5.41) is 2.69. The minimum Gasteiger partial charge on any atom is -0.385 e. The van der Waals surface area contributed by atoms with Crippen molar-refractivity contribution < 1.29 is 17.9 Å². The van der Waals surface area contributed by atoms with Gasteiger partial charge >= 0.3 is 0 Å². The van der Waals surface area contributed by atoms with Crippen LogP contribution >= 0.6 is 0 Å². The van der Waals surface area contributed by atoms with E-state index in [1.807, 2.05) is 12.1 Å². The molecule has 6 heteroatoms. The predicted octanol–water partition coefficient (Wildman–Crippen LogP) is 2.30. The summed E-state index contributed by atoms with van der Waals surface area (Å²) >= 11 is 0. The summed E-state index contributed by atoms with van der Waals surface area (Å²) < 4.78 is 29.4. The number of amides is 1. The highest BCUT2D eigenvalue weighted by atomic mass is 32.2. The van der Waals surface area contributed by atoms with E-state index in [1.165, 1.54) is 0 Å². The molecule has 23 heavy (non-hydrogen) atoms. The maximum atomic E-state index is 12.3. The molecule has 0 aliphatic carbocycles. The molecule has 130 valence electrons. The SMILES string of the molecule is COCCCNC(=O)CCS(=O)(=O)c1ccc(C(C)(C)C)cc1. The quantitative estimate of drug-likeness (QED) is 0.737. The zero-order valence-corrected chi connectivity index (χ0v) is 15.2. The molecule has 0 unspecified atom stereocenters. The van der Waals surface area contributed by atoms with Crippen LogP contribution in [0.4, 0.5) is 0 Å². The third-order valence-corrected chi connectivity index (χ3v) is 5.26. The summed E-state index contributed by atoms with van der Waals surface area (Å²) in [5.41, 5.74) is 1.05. The van der Waals surface area contributed by atoms with E-state index in [0.717, 1.165) is 5.56 Å². The lowest BCUT2D eigenvalue weighted by Crippen LogP contribution is -2.27. The number of methoxy groups -OCH3 is 1. The molecule has 1 N–H and O–H groups in total. The van der Waals surface area contributed by atoms with Crippen molar-refractivity contribution in [3.8, 4) is 0 Å². The number of hydrogen-bond donors (Lipinski definition) is 1. The van der Waals surface area contributed by atoms with Gasteiger partial charge in [-0.15, -0.1) is 0 Å². The van der Waals surface area contributed by atoms with Gasteiger partial charge in [-0.3, -0.25) is 4.79 Å². The normalized spacial score (nSPS) is 12.2. The van der Waals surface area contributed by atoms with Crippen LogP contribution in [0.3, 0.4) is 0 Å². The van der Waals surface area contributed by atoms with Crippen LogP contribution in [-0.4, -0.2) is 40.3 Å². The Morgan fingerprint density at radius 2 is 1.78 bits per heavy atom. The smallest absolute Gasteiger partial charge is 0.221 e. The summed E-state index contributed by atoms with van der Waals surface area (Å²) in [6, 6.07) is 6.90. The lowest BCUT2D eigenvalue weighted by molar-refractivity contribution is -0.120. The zero-order valence-electron chi connectivity index (χ0n) is 14.4. The molecule has 0 aliphatic heterocycles. The Bertz CT molecular complexity index is 600. The highest BCUT2D eigenvalue weighted by Crippen LogP contribution is 2.23. The van der Waals surface area contributed by atoms with Crippen LogP contribution in [0.5, 0.6) is 0 Å². The average molecular weight is 341 g/mol. The molecule has 0 fully saturated rings. The Morgan fingerprint density at radius 1 is 1.17 bits per heavy atom. The van der Waals surface area contributed by atoms with Gasteiger partial charge in [-0.05, 0) is 29.5 Å². The van der Waals surface area contributed by atoms with E-state index < -0.39 is 9.84 Å². The molecule has 0 heterocycles. The van der Waals surface area contributed by atoms with Gasteiger partial charge in [0, 0.05) is 26.7 Å². The Morgan fingerprint density at radius 3 is 2.30 bits per heavy atom. The number of carbonyl (C=O) groups is 1. The molecule has 5 nitrogen and oxygen atoms in total. The Kier molecular flexibility index (Phi) is 7.22. The van der Waals surface area contributed by atoms with Crippen LogP contribution in [0.15, 0.2) is 29.2 Å². The maximum absolute atomic E-state index is 12.3. The summed E-state index contributed by atoms with van der Waals surface area (Å²) in [6.07, 6.45) is 0.680. The van der Waals surface area contributed by atoms with E-state index in [0.29, 0.717) is 19.6 Å². The number of nitrogens with one attached hydrogen (secondary N) is 1. The first kappa shape index (κ1) is 19.6. The number of benzene rings is 1. The highest BCUT2D eigenvalue weighted by molar-refractivity contribution is 7.91. The number of hydrogen-bond acceptors (Lipinski definition) is 4. The molecule has 0 bridgehead atoms. The maximum Gasteiger partial charge on any atom is 0.221 e. The zero-order chi connectivity index (χ0) is 17.5. The highest BCUT2D eigenvalue weighted by Gasteiger charge is 2.18. The first-order valence-electron chi connectivity index (χ1n) is 7.76. The first-order valence-corrected chi connectivity index (χ1v) is 9.41. The minimum absolute atomic E-state index is 0.0234. The first-order chi connectivity index (χ1) is 10.7. The monoisotopic (exact) mass is 341 g/mol. The van der Waals surface area contributed by atoms with Gasteiger partial charge in [-0.25, -0.2) is 8.42 Å². The second-order valence-electron chi connectivity index (χ2n) is 6.54. The van der Waals surface area contributed by atoms with Gasteiger partial charge in [0.15, 0.2) is 9.84 Å². The van der Waals surface area contributed by atoms with E-state index >= 15 is 0 Å². The molecule has 1 rings (SSSR count). The number of sulfone groups is 1. The molecule has 0 radical (unpaired) electrons. The number of carbonyl (C=O) groups excluding carboxylic acids is 1. The molecule has 0 aliphatic rings. The standard InChI is InChI=1S/C17H27NO4S/c1-17(2,3)14-6-8-15(9-7-14)23(20,21)13-10-16(19)18-11-5-12-22-4/h6-9H,5,10-13H2,1-4H3,(H,18,19). The fourth-order valence-electron chi connectivity index (χ4n) is 2.04. The fourth-order valence-corrected chi connectivity index (χ4v) is 3.28. The van der Waals surface area contributed by atoms with Crippen molar-refractivity contribution in [3.05, 3.63) is 29.8 Å². The van der Waals surface area contributed by atoms with Gasteiger partial charge in [0.2, 0.25) is 5.91 Å². The molecule has 0 saturated heterocycles. The van der Waals surface area contributed by atoms with Crippen LogP contribution < -0.4 is 5.32 Å². The largest absolute Gasteiger partial charge is 0.385 e. The Labute approximate surface area is 139 Å². The minimum atomic E-state index is -3.44. The second-order valence-corrected chi connectivity index (χ2v) is 8.65. The third-order valence-electron chi connectivity index (χ3n) is 3.52. The molecule has 1 aromatic carbocycles. The van der Waals surface area contributed by atoms with Crippen LogP contribution in [0.2, 0.25) is 0 Å². The Hall–Kier alpha value is -1.40. The molecule has 0 saturated carbocycles. The van der Waals surface area contributed by atoms with Gasteiger partial charge in [-0.1, -0.05) is 32.9 Å².